The summed E-state index contributed by atoms with van der Waals surface area (Å²) in [4.78, 5) is 26.0. The molecule has 4 aromatic rings. The summed E-state index contributed by atoms with van der Waals surface area (Å²) in [7, 11) is 1.54. The molecule has 0 bridgehead atoms. The average Bonchev–Trinajstić information content (AvgIpc) is 2.79. The van der Waals surface area contributed by atoms with Crippen molar-refractivity contribution in [2.24, 2.45) is 0 Å². The first-order valence-corrected chi connectivity index (χ1v) is 9.74. The van der Waals surface area contributed by atoms with Gasteiger partial charge in [0.1, 0.15) is 34.5 Å². The summed E-state index contributed by atoms with van der Waals surface area (Å²) in [5.41, 5.74) is 12.5. The summed E-state index contributed by atoms with van der Waals surface area (Å²) in [6.07, 6.45) is 0.340. The number of fused-ring (bicyclic) bond motifs is 1. The summed E-state index contributed by atoms with van der Waals surface area (Å²) >= 11 is 0. The van der Waals surface area contributed by atoms with Crippen molar-refractivity contribution in [3.63, 3.8) is 0 Å². The second kappa shape index (κ2) is 8.61. The van der Waals surface area contributed by atoms with Gasteiger partial charge in [0.25, 0.3) is 5.56 Å². The summed E-state index contributed by atoms with van der Waals surface area (Å²) in [5.74, 6) is 1.21. The molecule has 0 aliphatic heterocycles. The summed E-state index contributed by atoms with van der Waals surface area (Å²) in [6, 6.07) is 16.5. The van der Waals surface area contributed by atoms with Gasteiger partial charge in [-0.1, -0.05) is 24.3 Å². The molecule has 0 fully saturated rings. The highest BCUT2D eigenvalue weighted by molar-refractivity contribution is 5.84. The molecule has 2 heterocycles. The number of hydrogen-bond acceptors (Lipinski definition) is 9. The zero-order valence-electron chi connectivity index (χ0n) is 17.2. The Morgan fingerprint density at radius 2 is 1.88 bits per heavy atom. The molecule has 10 heteroatoms. The van der Waals surface area contributed by atoms with E-state index in [0.717, 1.165) is 0 Å². The van der Waals surface area contributed by atoms with E-state index in [1.807, 2.05) is 36.4 Å². The number of aromatic nitrogens is 4. The third kappa shape index (κ3) is 3.75. The van der Waals surface area contributed by atoms with E-state index < -0.39 is 0 Å². The lowest BCUT2D eigenvalue weighted by molar-refractivity contribution is 0.418. The molecule has 0 atom stereocenters. The quantitative estimate of drug-likeness (QED) is 0.417. The highest BCUT2D eigenvalue weighted by Crippen LogP contribution is 2.23. The first kappa shape index (κ1) is 20.6. The van der Waals surface area contributed by atoms with Gasteiger partial charge in [-0.25, -0.2) is 4.98 Å². The fourth-order valence-electron chi connectivity index (χ4n) is 3.43. The van der Waals surface area contributed by atoms with Crippen molar-refractivity contribution in [1.82, 2.24) is 19.5 Å². The zero-order valence-corrected chi connectivity index (χ0v) is 17.2. The molecule has 0 radical (unpaired) electrons. The lowest BCUT2D eigenvalue weighted by Gasteiger charge is -2.15. The Balaban J connectivity index is 1.77. The van der Waals surface area contributed by atoms with Crippen molar-refractivity contribution in [1.29, 1.82) is 5.26 Å². The third-order valence-electron chi connectivity index (χ3n) is 4.87. The molecule has 0 unspecified atom stereocenters. The number of nitrogens with two attached hydrogens (primary N) is 2. The maximum Gasteiger partial charge on any atom is 0.266 e. The number of benzene rings is 2. The Hall–Kier alpha value is -4.65. The van der Waals surface area contributed by atoms with Crippen molar-refractivity contribution in [3.8, 4) is 17.5 Å². The van der Waals surface area contributed by atoms with Crippen LogP contribution in [0.15, 0.2) is 53.3 Å². The Kier molecular flexibility index (Phi) is 5.55. The number of nitrogen functional groups attached to an aromatic ring is 2. The minimum absolute atomic E-state index is 0.00254. The Bertz CT molecular complexity index is 1390. The first-order valence-electron chi connectivity index (χ1n) is 9.74. The van der Waals surface area contributed by atoms with Gasteiger partial charge in [0.05, 0.1) is 18.2 Å². The largest absolute Gasteiger partial charge is 0.494 e. The number of ether oxygens (including phenoxy) is 1. The fraction of sp³-hybridized carbons (Fsp3) is 0.136. The van der Waals surface area contributed by atoms with Crippen LogP contribution < -0.4 is 27.1 Å². The molecule has 5 N–H and O–H groups in total. The molecule has 160 valence electrons. The third-order valence-corrected chi connectivity index (χ3v) is 4.87. The Morgan fingerprint density at radius 1 is 1.09 bits per heavy atom. The minimum Gasteiger partial charge on any atom is -0.494 e. The Labute approximate surface area is 183 Å². The van der Waals surface area contributed by atoms with Crippen LogP contribution in [0.3, 0.4) is 0 Å². The van der Waals surface area contributed by atoms with Crippen LogP contribution in [0.5, 0.6) is 5.75 Å². The van der Waals surface area contributed by atoms with E-state index in [9.17, 15) is 10.1 Å². The Morgan fingerprint density at radius 3 is 2.59 bits per heavy atom. The SMILES string of the molecule is COc1cccc2c(=O)n(-c3ccccc3)c(CCNc3nc(N)nc(N)c3C#N)nc12. The number of para-hydroxylation sites is 2. The average molecular weight is 428 g/mol. The number of anilines is 3. The van der Waals surface area contributed by atoms with Gasteiger partial charge in [-0.05, 0) is 24.3 Å². The minimum atomic E-state index is -0.205. The summed E-state index contributed by atoms with van der Waals surface area (Å²) < 4.78 is 6.97. The molecule has 2 aromatic heterocycles. The zero-order chi connectivity index (χ0) is 22.7. The number of nitrogens with one attached hydrogen (secondary N) is 1. The molecular formula is C22H20N8O2. The molecule has 2 aromatic carbocycles. The number of methoxy groups -OCH3 is 1. The standard InChI is InChI=1S/C22H20N8O2/c1-32-16-9-5-8-14-18(16)27-17(30(21(14)31)13-6-3-2-4-7-13)10-11-26-20-15(12-23)19(24)28-22(25)29-20/h2-9H,10-11H2,1H3,(H5,24,25,26,28,29). The molecular weight excluding hydrogens is 408 g/mol. The predicted octanol–water partition coefficient (Wildman–Crippen LogP) is 1.87. The predicted molar refractivity (Wildman–Crippen MR) is 122 cm³/mol. The molecule has 0 saturated heterocycles. The maximum atomic E-state index is 13.4. The number of nitriles is 1. The molecule has 0 aliphatic carbocycles. The van der Waals surface area contributed by atoms with Crippen LogP contribution in [-0.2, 0) is 6.42 Å². The van der Waals surface area contributed by atoms with Crippen molar-refractivity contribution >= 4 is 28.5 Å². The second-order valence-corrected chi connectivity index (χ2v) is 6.84. The topological polar surface area (TPSA) is 158 Å². The molecule has 0 spiro atoms. The van der Waals surface area contributed by atoms with Gasteiger partial charge < -0.3 is 21.5 Å². The van der Waals surface area contributed by atoms with E-state index in [1.165, 1.54) is 7.11 Å². The van der Waals surface area contributed by atoms with Gasteiger partial charge in [-0.3, -0.25) is 9.36 Å². The first-order chi connectivity index (χ1) is 15.5. The van der Waals surface area contributed by atoms with Crippen LogP contribution in [0.2, 0.25) is 0 Å². The number of rotatable bonds is 6. The molecule has 0 saturated carbocycles. The van der Waals surface area contributed by atoms with Gasteiger partial charge >= 0.3 is 0 Å². The summed E-state index contributed by atoms with van der Waals surface area (Å²) in [6.45, 7) is 0.310. The van der Waals surface area contributed by atoms with E-state index in [1.54, 1.807) is 22.8 Å². The van der Waals surface area contributed by atoms with Gasteiger partial charge in [0, 0.05) is 13.0 Å². The van der Waals surface area contributed by atoms with Crippen LogP contribution in [0.4, 0.5) is 17.6 Å². The maximum absolute atomic E-state index is 13.4. The van der Waals surface area contributed by atoms with Crippen LogP contribution in [-0.4, -0.2) is 33.2 Å². The summed E-state index contributed by atoms with van der Waals surface area (Å²) in [5, 5.41) is 12.9. The van der Waals surface area contributed by atoms with E-state index in [0.29, 0.717) is 41.1 Å². The lowest BCUT2D eigenvalue weighted by Crippen LogP contribution is -2.25. The lowest BCUT2D eigenvalue weighted by atomic mass is 10.2. The normalized spacial score (nSPS) is 10.6. The fourth-order valence-corrected chi connectivity index (χ4v) is 3.43. The van der Waals surface area contributed by atoms with Crippen molar-refractivity contribution < 1.29 is 4.74 Å². The second-order valence-electron chi connectivity index (χ2n) is 6.84. The van der Waals surface area contributed by atoms with Crippen LogP contribution in [0, 0.1) is 11.3 Å². The van der Waals surface area contributed by atoms with Crippen LogP contribution >= 0.6 is 0 Å². The van der Waals surface area contributed by atoms with E-state index in [-0.39, 0.29) is 28.7 Å². The van der Waals surface area contributed by atoms with Crippen molar-refractivity contribution in [3.05, 3.63) is 70.3 Å². The molecule has 10 nitrogen and oxygen atoms in total. The van der Waals surface area contributed by atoms with Gasteiger partial charge in [-0.15, -0.1) is 0 Å². The highest BCUT2D eigenvalue weighted by atomic mass is 16.5. The van der Waals surface area contributed by atoms with Gasteiger partial charge in [0.15, 0.2) is 5.82 Å². The molecule has 4 rings (SSSR count). The van der Waals surface area contributed by atoms with Gasteiger partial charge in [-0.2, -0.15) is 15.2 Å². The van der Waals surface area contributed by atoms with Crippen LogP contribution in [0.25, 0.3) is 16.6 Å². The highest BCUT2D eigenvalue weighted by Gasteiger charge is 2.16. The van der Waals surface area contributed by atoms with Crippen molar-refractivity contribution in [2.45, 2.75) is 6.42 Å². The van der Waals surface area contributed by atoms with E-state index in [4.69, 9.17) is 21.2 Å². The molecule has 32 heavy (non-hydrogen) atoms. The smallest absolute Gasteiger partial charge is 0.266 e. The molecule has 0 amide bonds. The molecule has 0 aliphatic rings. The number of hydrogen-bond donors (Lipinski definition) is 3. The monoisotopic (exact) mass is 428 g/mol. The van der Waals surface area contributed by atoms with Crippen LogP contribution in [0.1, 0.15) is 11.4 Å². The van der Waals surface area contributed by atoms with Crippen molar-refractivity contribution in [2.75, 3.05) is 30.4 Å². The van der Waals surface area contributed by atoms with E-state index >= 15 is 0 Å². The van der Waals surface area contributed by atoms with Gasteiger partial charge in [0.2, 0.25) is 5.95 Å². The number of nitrogens with zero attached hydrogens (tertiary/aromatic N) is 5. The van der Waals surface area contributed by atoms with E-state index in [2.05, 4.69) is 15.3 Å².